The van der Waals surface area contributed by atoms with E-state index in [1.807, 2.05) is 83.1 Å². The van der Waals surface area contributed by atoms with Crippen molar-refractivity contribution in [1.82, 2.24) is 0 Å². The fraction of sp³-hybridized carbons (Fsp3) is 0.721. The van der Waals surface area contributed by atoms with Crippen LogP contribution in [0.25, 0.3) is 0 Å². The number of hydrogen-bond acceptors (Lipinski definition) is 0. The van der Waals surface area contributed by atoms with Crippen molar-refractivity contribution in [3.8, 4) is 0 Å². The summed E-state index contributed by atoms with van der Waals surface area (Å²) in [6.45, 7) is 57.8. The van der Waals surface area contributed by atoms with E-state index in [9.17, 15) is 0 Å². The molecule has 0 aromatic carbocycles. The van der Waals surface area contributed by atoms with E-state index in [0.29, 0.717) is 11.8 Å². The molecule has 0 aliphatic rings. The van der Waals surface area contributed by atoms with Gasteiger partial charge in [-0.15, -0.1) is 0 Å². The molecular formula is C43H116Y28-6. The van der Waals surface area contributed by atoms with Crippen molar-refractivity contribution < 1.29 is 916 Å². The van der Waals surface area contributed by atoms with Crippen molar-refractivity contribution in [3.05, 3.63) is 88.1 Å². The molecule has 0 nitrogen and oxygen atoms in total. The summed E-state index contributed by atoms with van der Waals surface area (Å²) >= 11 is 0. The molecule has 0 heterocycles. The van der Waals surface area contributed by atoms with E-state index in [-0.39, 0.29) is 996 Å². The molecule has 378 valence electrons. The van der Waals surface area contributed by atoms with Crippen LogP contribution in [-0.4, -0.2) is 0 Å². The van der Waals surface area contributed by atoms with Crippen LogP contribution in [0, 0.1) is 105 Å². The molecule has 0 N–H and O–H groups in total. The molecule has 0 aliphatic heterocycles. The third-order valence-corrected chi connectivity index (χ3v) is 2.30. The molecule has 0 fully saturated rings. The van der Waals surface area contributed by atoms with E-state index >= 15 is 0 Å². The predicted octanol–water partition coefficient (Wildman–Crippen LogP) is 19.2. The second-order valence-corrected chi connectivity index (χ2v) is 6.37. The largest absolute Gasteiger partial charge is 3.00 e. The number of hydrogen-bond donors (Lipinski definition) is 0. The van der Waals surface area contributed by atoms with Crippen molar-refractivity contribution in [3.63, 3.8) is 0 Å². The summed E-state index contributed by atoms with van der Waals surface area (Å²) in [6, 6.07) is 0. The van der Waals surface area contributed by atoms with Gasteiger partial charge < -0.3 is 88.1 Å². The minimum Gasteiger partial charge on any atom is -0.366 e. The summed E-state index contributed by atoms with van der Waals surface area (Å²) < 4.78 is 0. The third-order valence-electron chi connectivity index (χ3n) is 2.30. The average Bonchev–Trinajstić information content (AvgIpc) is 2.84. The van der Waals surface area contributed by atoms with E-state index in [1.54, 1.807) is 0 Å². The Morgan fingerprint density at radius 1 is 0.211 bits per heavy atom. The molecule has 0 unspecified atom stereocenters. The fourth-order valence-corrected chi connectivity index (χ4v) is 0.667. The SMILES string of the molecule is CC.CC.CC.CC.CC.CC.CCC.CCC.CCC.CCC.[CH2-]C([CH2-])(C(C)C)C(C)C.[CH3-].[CH3-].[CH3-].[CH3-].[CH3-].[CH3-].[CH3-].[CH3-].[CH3-].[CH3-].[Y+3].[Y+3].[Y].[Y].[Y].[Y].[Y].[Y].[Y].[Y].[Y].[Y].[Y].[Y].[Y].[Y].[Y].[Y].[Y].[Y].[Y].[Y].[Y].[Y].[Y].[Y].[Y].[Y]. The monoisotopic (exact) mass is 3120 g/mol. The molecule has 0 saturated heterocycles. The van der Waals surface area contributed by atoms with E-state index in [1.165, 1.54) is 25.7 Å². The summed E-state index contributed by atoms with van der Waals surface area (Å²) in [4.78, 5) is 0. The molecule has 0 spiro atoms. The van der Waals surface area contributed by atoms with Crippen LogP contribution in [0.4, 0.5) is 0 Å². The van der Waals surface area contributed by atoms with Gasteiger partial charge in [0, 0.05) is 850 Å². The standard InChI is InChI=1S/C9H18.4C3H8.6C2H6.10CH3.28Y/c1-7(2)9(5,6)8(3)4;4*1-3-2;6*1-2;;;;;;;;;;;;;;;;;;;;;;;;;;;;;;;;;;;;;;/h7-8H,5-6H2,1-4H3;4*3H2,1-2H3;6*1-2H3;10*1H3;;;;;;;;;;;;;;;;;;;;;;;;;;;;/q-2;;;;;;;;;;;10*-1;;;;;;;;;;;;;;;;;;;;;;;;;;;2*+3. The summed E-state index contributed by atoms with van der Waals surface area (Å²) in [7, 11) is 0. The van der Waals surface area contributed by atoms with Gasteiger partial charge in [0.25, 0.3) is 0 Å². The molecule has 0 aliphatic carbocycles. The molecule has 28 heteroatoms. The maximum absolute atomic E-state index is 4.06. The first-order chi connectivity index (χ1) is 15.5. The van der Waals surface area contributed by atoms with Crippen LogP contribution in [0.1, 0.15) is 192 Å². The second-order valence-electron chi connectivity index (χ2n) is 6.37. The van der Waals surface area contributed by atoms with Crippen LogP contribution in [0.15, 0.2) is 0 Å². The Kier molecular flexibility index (Phi) is 2390. The summed E-state index contributed by atoms with van der Waals surface area (Å²) in [5, 5.41) is 0. The average molecular weight is 3120 g/mol. The summed E-state index contributed by atoms with van der Waals surface area (Å²) in [6.07, 6.45) is 5.00. The van der Waals surface area contributed by atoms with Crippen molar-refractivity contribution in [1.29, 1.82) is 0 Å². The smallest absolute Gasteiger partial charge is 0.366 e. The van der Waals surface area contributed by atoms with Crippen LogP contribution in [-0.2, 0) is 916 Å². The zero-order valence-electron chi connectivity index (χ0n) is 56.1. The maximum atomic E-state index is 4.06. The summed E-state index contributed by atoms with van der Waals surface area (Å²) in [5.41, 5.74) is 0.000000000000000222. The molecule has 0 atom stereocenters. The molecular weight excluding hydrogens is 3010 g/mol. The zero-order chi connectivity index (χ0) is 30.5. The summed E-state index contributed by atoms with van der Waals surface area (Å²) in [5.74, 6) is 1.13. The van der Waals surface area contributed by atoms with Crippen molar-refractivity contribution in [2.45, 2.75) is 192 Å². The van der Waals surface area contributed by atoms with Gasteiger partial charge >= 0.3 is 65.4 Å². The first-order valence-corrected chi connectivity index (χ1v) is 15.3. The molecule has 0 saturated carbocycles. The molecule has 0 aromatic rings. The molecule has 0 amide bonds. The Hall–Kier alpha value is 30.9. The minimum atomic E-state index is 0. The Balaban J connectivity index is -0.00000000156. The maximum Gasteiger partial charge on any atom is 3.00 e. The van der Waals surface area contributed by atoms with Crippen LogP contribution < -0.4 is 0 Å². The van der Waals surface area contributed by atoms with E-state index in [0.717, 1.165) is 0 Å². The van der Waals surface area contributed by atoms with Crippen LogP contribution in [0.3, 0.4) is 0 Å². The molecule has 71 heavy (non-hydrogen) atoms. The minimum absolute atomic E-state index is 0. The molecule has 0 bridgehead atoms. The van der Waals surface area contributed by atoms with Gasteiger partial charge in [-0.1, -0.05) is 204 Å². The quantitative estimate of drug-likeness (QED) is 0.242. The van der Waals surface area contributed by atoms with Crippen molar-refractivity contribution in [2.24, 2.45) is 17.3 Å². The first-order valence-electron chi connectivity index (χ1n) is 15.3. The first kappa shape index (κ1) is 371. The molecule has 26 radical (unpaired) electrons. The van der Waals surface area contributed by atoms with E-state index < -0.39 is 0 Å². The van der Waals surface area contributed by atoms with Gasteiger partial charge in [0.1, 0.15) is 0 Å². The molecule has 0 rings (SSSR count). The Morgan fingerprint density at radius 3 is 0.239 bits per heavy atom. The van der Waals surface area contributed by atoms with Gasteiger partial charge in [0.05, 0.1) is 0 Å². The van der Waals surface area contributed by atoms with Crippen LogP contribution in [0.5, 0.6) is 0 Å². The second kappa shape index (κ2) is 458. The van der Waals surface area contributed by atoms with Gasteiger partial charge in [-0.2, -0.15) is 0 Å². The Labute approximate surface area is 1170 Å². The van der Waals surface area contributed by atoms with E-state index in [2.05, 4.69) is 96.9 Å². The van der Waals surface area contributed by atoms with Crippen LogP contribution >= 0.6 is 0 Å². The normalized spacial score (nSPS) is 3.21. The zero-order valence-corrected chi connectivity index (χ0v) is 136. The van der Waals surface area contributed by atoms with Gasteiger partial charge in [-0.25, -0.2) is 0 Å². The van der Waals surface area contributed by atoms with Crippen molar-refractivity contribution >= 4 is 0 Å². The van der Waals surface area contributed by atoms with Gasteiger partial charge in [0.15, 0.2) is 0 Å². The van der Waals surface area contributed by atoms with Crippen LogP contribution in [0.2, 0.25) is 0 Å². The fourth-order valence-electron chi connectivity index (χ4n) is 0.667. The van der Waals surface area contributed by atoms with Gasteiger partial charge in [-0.3, -0.25) is 5.41 Å². The molecule has 0 aromatic heterocycles. The van der Waals surface area contributed by atoms with Gasteiger partial charge in [0.2, 0.25) is 0 Å². The van der Waals surface area contributed by atoms with Crippen molar-refractivity contribution in [2.75, 3.05) is 0 Å². The Bertz CT molecular complexity index is 171. The third kappa shape index (κ3) is 536. The van der Waals surface area contributed by atoms with Gasteiger partial charge in [-0.05, 0) is 0 Å². The topological polar surface area (TPSA) is 0 Å². The predicted molar refractivity (Wildman–Crippen MR) is 239 cm³/mol. The Morgan fingerprint density at radius 2 is 0.239 bits per heavy atom. The number of rotatable bonds is 2. The van der Waals surface area contributed by atoms with E-state index in [4.69, 9.17) is 0 Å².